The molecular formula is C22H33IN4O2. The van der Waals surface area contributed by atoms with Crippen LogP contribution in [0.5, 0.6) is 5.75 Å². The van der Waals surface area contributed by atoms with Crippen LogP contribution in [0.15, 0.2) is 33.7 Å². The molecular weight excluding hydrogens is 479 g/mol. The zero-order chi connectivity index (χ0) is 20.0. The van der Waals surface area contributed by atoms with Crippen molar-refractivity contribution in [2.45, 2.75) is 58.4 Å². The predicted molar refractivity (Wildman–Crippen MR) is 127 cm³/mol. The molecule has 0 amide bonds. The summed E-state index contributed by atoms with van der Waals surface area (Å²) in [7, 11) is 1.72. The van der Waals surface area contributed by atoms with E-state index >= 15 is 0 Å². The third-order valence-electron chi connectivity index (χ3n) is 5.63. The first-order valence-electron chi connectivity index (χ1n) is 10.2. The Hall–Kier alpha value is -1.77. The van der Waals surface area contributed by atoms with Crippen LogP contribution in [0.3, 0.4) is 0 Å². The second kappa shape index (κ2) is 10.8. The minimum absolute atomic E-state index is 0. The lowest BCUT2D eigenvalue weighted by atomic mass is 9.78. The molecule has 0 spiro atoms. The molecule has 7 heteroatoms. The summed E-state index contributed by atoms with van der Waals surface area (Å²) in [4.78, 5) is 9.09. The van der Waals surface area contributed by atoms with Gasteiger partial charge in [-0.2, -0.15) is 0 Å². The first kappa shape index (κ1) is 23.5. The number of guanidine groups is 1. The lowest BCUT2D eigenvalue weighted by Gasteiger charge is -2.31. The second-order valence-electron chi connectivity index (χ2n) is 7.52. The first-order valence-corrected chi connectivity index (χ1v) is 10.2. The molecule has 0 aliphatic heterocycles. The molecule has 29 heavy (non-hydrogen) atoms. The Morgan fingerprint density at radius 3 is 2.62 bits per heavy atom. The van der Waals surface area contributed by atoms with Crippen molar-refractivity contribution in [2.75, 3.05) is 20.2 Å². The van der Waals surface area contributed by atoms with Crippen molar-refractivity contribution in [3.8, 4) is 5.75 Å². The molecule has 0 unspecified atom stereocenters. The van der Waals surface area contributed by atoms with Gasteiger partial charge in [-0.05, 0) is 51.3 Å². The quantitative estimate of drug-likeness (QED) is 0.325. The predicted octanol–water partition coefficient (Wildman–Crippen LogP) is 4.49. The van der Waals surface area contributed by atoms with E-state index in [1.807, 2.05) is 19.9 Å². The third kappa shape index (κ3) is 5.87. The highest BCUT2D eigenvalue weighted by Gasteiger charge is 2.36. The van der Waals surface area contributed by atoms with Gasteiger partial charge in [0.15, 0.2) is 5.96 Å². The maximum absolute atomic E-state index is 5.65. The average molecular weight is 512 g/mol. The number of aromatic nitrogens is 1. The van der Waals surface area contributed by atoms with Crippen LogP contribution in [0, 0.1) is 13.8 Å². The van der Waals surface area contributed by atoms with Crippen molar-refractivity contribution < 1.29 is 9.15 Å². The number of hydrogen-bond acceptors (Lipinski definition) is 4. The summed E-state index contributed by atoms with van der Waals surface area (Å²) in [5, 5.41) is 6.89. The largest absolute Gasteiger partial charge is 0.497 e. The van der Waals surface area contributed by atoms with E-state index in [0.717, 1.165) is 36.3 Å². The molecule has 0 radical (unpaired) electrons. The van der Waals surface area contributed by atoms with E-state index in [2.05, 4.69) is 45.7 Å². The fourth-order valence-corrected chi connectivity index (χ4v) is 3.92. The number of benzene rings is 1. The SMILES string of the molecule is CCNC(=NCc1nc(C)c(C)o1)NCC1(c2cccc(OC)c2)CCCC1.I. The highest BCUT2D eigenvalue weighted by atomic mass is 127. The van der Waals surface area contributed by atoms with Gasteiger partial charge in [0.25, 0.3) is 0 Å². The normalized spacial score (nSPS) is 15.7. The van der Waals surface area contributed by atoms with Crippen molar-refractivity contribution in [3.63, 3.8) is 0 Å². The molecule has 2 N–H and O–H groups in total. The van der Waals surface area contributed by atoms with Gasteiger partial charge < -0.3 is 19.8 Å². The maximum Gasteiger partial charge on any atom is 0.216 e. The molecule has 160 valence electrons. The molecule has 1 aromatic heterocycles. The molecule has 1 aliphatic rings. The molecule has 1 heterocycles. The van der Waals surface area contributed by atoms with Gasteiger partial charge in [-0.1, -0.05) is 25.0 Å². The van der Waals surface area contributed by atoms with Crippen LogP contribution < -0.4 is 15.4 Å². The van der Waals surface area contributed by atoms with E-state index in [9.17, 15) is 0 Å². The van der Waals surface area contributed by atoms with Crippen LogP contribution in [-0.2, 0) is 12.0 Å². The number of nitrogens with zero attached hydrogens (tertiary/aromatic N) is 2. The Morgan fingerprint density at radius 1 is 1.24 bits per heavy atom. The molecule has 1 saturated carbocycles. The van der Waals surface area contributed by atoms with Crippen molar-refractivity contribution in [1.29, 1.82) is 0 Å². The summed E-state index contributed by atoms with van der Waals surface area (Å²) in [5.74, 6) is 3.21. The van der Waals surface area contributed by atoms with Gasteiger partial charge in [0.2, 0.25) is 5.89 Å². The van der Waals surface area contributed by atoms with Crippen molar-refractivity contribution in [1.82, 2.24) is 15.6 Å². The summed E-state index contributed by atoms with van der Waals surface area (Å²) in [5.41, 5.74) is 2.37. The highest BCUT2D eigenvalue weighted by Crippen LogP contribution is 2.41. The average Bonchev–Trinajstić information content (AvgIpc) is 3.31. The standard InChI is InChI=1S/C22H32N4O2.HI/c1-5-23-21(24-14-20-26-16(2)17(3)28-20)25-15-22(11-6-7-12-22)18-9-8-10-19(13-18)27-4;/h8-10,13H,5-7,11-12,14-15H2,1-4H3,(H2,23,24,25);1H. The van der Waals surface area contributed by atoms with E-state index in [1.54, 1.807) is 7.11 Å². The van der Waals surface area contributed by atoms with E-state index in [4.69, 9.17) is 9.15 Å². The monoisotopic (exact) mass is 512 g/mol. The number of nitrogens with one attached hydrogen (secondary N) is 2. The third-order valence-corrected chi connectivity index (χ3v) is 5.63. The topological polar surface area (TPSA) is 71.7 Å². The Bertz CT molecular complexity index is 793. The van der Waals surface area contributed by atoms with Crippen LogP contribution >= 0.6 is 24.0 Å². The molecule has 6 nitrogen and oxygen atoms in total. The summed E-state index contributed by atoms with van der Waals surface area (Å²) in [6.45, 7) is 8.03. The fraction of sp³-hybridized carbons (Fsp3) is 0.545. The smallest absolute Gasteiger partial charge is 0.216 e. The van der Waals surface area contributed by atoms with Crippen LogP contribution in [0.25, 0.3) is 0 Å². The molecule has 2 aromatic rings. The summed E-state index contributed by atoms with van der Waals surface area (Å²) < 4.78 is 11.1. The molecule has 0 atom stereocenters. The minimum atomic E-state index is 0. The van der Waals surface area contributed by atoms with Gasteiger partial charge in [-0.25, -0.2) is 9.98 Å². The summed E-state index contributed by atoms with van der Waals surface area (Å²) in [6, 6.07) is 8.49. The molecule has 1 fully saturated rings. The number of oxazole rings is 1. The van der Waals surface area contributed by atoms with Crippen molar-refractivity contribution in [2.24, 2.45) is 4.99 Å². The minimum Gasteiger partial charge on any atom is -0.497 e. The Balaban J connectivity index is 0.00000300. The number of aryl methyl sites for hydroxylation is 2. The molecule has 0 saturated heterocycles. The molecule has 1 aliphatic carbocycles. The van der Waals surface area contributed by atoms with Gasteiger partial charge in [-0.15, -0.1) is 24.0 Å². The zero-order valence-corrected chi connectivity index (χ0v) is 20.2. The fourth-order valence-electron chi connectivity index (χ4n) is 3.92. The van der Waals surface area contributed by atoms with Gasteiger partial charge in [-0.3, -0.25) is 0 Å². The van der Waals surface area contributed by atoms with Crippen LogP contribution in [-0.4, -0.2) is 31.1 Å². The maximum atomic E-state index is 5.65. The van der Waals surface area contributed by atoms with E-state index in [0.29, 0.717) is 12.4 Å². The van der Waals surface area contributed by atoms with Gasteiger partial charge in [0.1, 0.15) is 18.1 Å². The number of ether oxygens (including phenoxy) is 1. The van der Waals surface area contributed by atoms with Gasteiger partial charge in [0, 0.05) is 18.5 Å². The van der Waals surface area contributed by atoms with Crippen LogP contribution in [0.1, 0.15) is 55.5 Å². The number of hydrogen-bond donors (Lipinski definition) is 2. The number of aliphatic imine (C=N–C) groups is 1. The van der Waals surface area contributed by atoms with Crippen LogP contribution in [0.2, 0.25) is 0 Å². The number of rotatable bonds is 7. The van der Waals surface area contributed by atoms with E-state index in [-0.39, 0.29) is 29.4 Å². The first-order chi connectivity index (χ1) is 13.6. The second-order valence-corrected chi connectivity index (χ2v) is 7.52. The van der Waals surface area contributed by atoms with E-state index in [1.165, 1.54) is 31.2 Å². The lowest BCUT2D eigenvalue weighted by Crippen LogP contribution is -2.44. The van der Waals surface area contributed by atoms with Crippen LogP contribution in [0.4, 0.5) is 0 Å². The zero-order valence-electron chi connectivity index (χ0n) is 17.9. The lowest BCUT2D eigenvalue weighted by molar-refractivity contribution is 0.404. The van der Waals surface area contributed by atoms with E-state index < -0.39 is 0 Å². The number of methoxy groups -OCH3 is 1. The summed E-state index contributed by atoms with van der Waals surface area (Å²) in [6.07, 6.45) is 4.85. The molecule has 1 aromatic carbocycles. The van der Waals surface area contributed by atoms with Gasteiger partial charge >= 0.3 is 0 Å². The Kier molecular flexibility index (Phi) is 8.79. The van der Waals surface area contributed by atoms with Crippen molar-refractivity contribution in [3.05, 3.63) is 47.2 Å². The Morgan fingerprint density at radius 2 is 2.00 bits per heavy atom. The van der Waals surface area contributed by atoms with Crippen molar-refractivity contribution >= 4 is 29.9 Å². The summed E-state index contributed by atoms with van der Waals surface area (Å²) >= 11 is 0. The number of halogens is 1. The Labute approximate surface area is 190 Å². The molecule has 0 bridgehead atoms. The molecule has 3 rings (SSSR count). The van der Waals surface area contributed by atoms with Gasteiger partial charge in [0.05, 0.1) is 12.8 Å². The highest BCUT2D eigenvalue weighted by molar-refractivity contribution is 14.0.